The van der Waals surface area contributed by atoms with E-state index in [9.17, 15) is 9.59 Å². The molecule has 0 saturated heterocycles. The highest BCUT2D eigenvalue weighted by atomic mass is 16.5. The fourth-order valence-electron chi connectivity index (χ4n) is 3.15. The van der Waals surface area contributed by atoms with Crippen molar-refractivity contribution in [2.24, 2.45) is 0 Å². The zero-order valence-electron chi connectivity index (χ0n) is 13.6. The highest BCUT2D eigenvalue weighted by Crippen LogP contribution is 2.38. The van der Waals surface area contributed by atoms with Gasteiger partial charge >= 0.3 is 0 Å². The molecule has 9 heteroatoms. The van der Waals surface area contributed by atoms with E-state index in [0.717, 1.165) is 5.56 Å². The van der Waals surface area contributed by atoms with Crippen LogP contribution in [0.3, 0.4) is 0 Å². The predicted octanol–water partition coefficient (Wildman–Crippen LogP) is 0.909. The maximum absolute atomic E-state index is 12.6. The number of benzene rings is 1. The Kier molecular flexibility index (Phi) is 3.41. The number of ether oxygens (including phenoxy) is 2. The maximum atomic E-state index is 12.6. The van der Waals surface area contributed by atoms with Gasteiger partial charge in [0.2, 0.25) is 11.7 Å². The van der Waals surface area contributed by atoms with Gasteiger partial charge in [-0.1, -0.05) is 6.07 Å². The smallest absolute Gasteiger partial charge is 0.258 e. The van der Waals surface area contributed by atoms with Gasteiger partial charge in [0.15, 0.2) is 11.5 Å². The molecule has 0 fully saturated rings. The molecule has 3 heterocycles. The molecule has 2 N–H and O–H groups in total. The van der Waals surface area contributed by atoms with Crippen molar-refractivity contribution in [2.75, 3.05) is 19.5 Å². The number of anilines is 1. The number of fused-ring (bicyclic) bond motifs is 3. The number of methoxy groups -OCH3 is 2. The van der Waals surface area contributed by atoms with Crippen molar-refractivity contribution >= 4 is 17.5 Å². The first-order valence-electron chi connectivity index (χ1n) is 7.60. The Morgan fingerprint density at radius 1 is 1.20 bits per heavy atom. The van der Waals surface area contributed by atoms with Crippen molar-refractivity contribution in [3.8, 4) is 11.5 Å². The largest absolute Gasteiger partial charge is 0.493 e. The van der Waals surface area contributed by atoms with Crippen molar-refractivity contribution in [2.45, 2.75) is 12.3 Å². The minimum Gasteiger partial charge on any atom is -0.493 e. The zero-order chi connectivity index (χ0) is 17.6. The topological polar surface area (TPSA) is 111 Å². The minimum absolute atomic E-state index is 0.145. The van der Waals surface area contributed by atoms with Gasteiger partial charge in [0.1, 0.15) is 12.1 Å². The average molecular weight is 341 g/mol. The van der Waals surface area contributed by atoms with Crippen LogP contribution in [0.25, 0.3) is 5.78 Å². The molecule has 1 aromatic carbocycles. The SMILES string of the molecule is COc1ccc([C@@H]2CC(=O)Nc3c2c(=O)[nH]c2ncnn32)cc1OC. The number of rotatable bonds is 3. The Balaban J connectivity index is 1.93. The summed E-state index contributed by atoms with van der Waals surface area (Å²) in [5.74, 6) is 1.10. The Bertz CT molecular complexity index is 1040. The van der Waals surface area contributed by atoms with E-state index >= 15 is 0 Å². The van der Waals surface area contributed by atoms with Gasteiger partial charge in [0.05, 0.1) is 19.8 Å². The fourth-order valence-corrected chi connectivity index (χ4v) is 3.15. The van der Waals surface area contributed by atoms with Gasteiger partial charge in [-0.25, -0.2) is 0 Å². The van der Waals surface area contributed by atoms with Gasteiger partial charge in [-0.3, -0.25) is 14.6 Å². The van der Waals surface area contributed by atoms with Crippen molar-refractivity contribution < 1.29 is 14.3 Å². The summed E-state index contributed by atoms with van der Waals surface area (Å²) in [4.78, 5) is 31.5. The highest BCUT2D eigenvalue weighted by molar-refractivity contribution is 5.94. The number of aromatic nitrogens is 4. The van der Waals surface area contributed by atoms with Gasteiger partial charge in [0, 0.05) is 12.3 Å². The molecule has 3 aromatic rings. The first-order chi connectivity index (χ1) is 12.1. The summed E-state index contributed by atoms with van der Waals surface area (Å²) in [6, 6.07) is 5.35. The van der Waals surface area contributed by atoms with Crippen molar-refractivity contribution in [1.82, 2.24) is 19.6 Å². The fraction of sp³-hybridized carbons (Fsp3) is 0.250. The molecule has 0 bridgehead atoms. The van der Waals surface area contributed by atoms with E-state index in [1.54, 1.807) is 19.2 Å². The van der Waals surface area contributed by atoms with Crippen LogP contribution in [0.2, 0.25) is 0 Å². The van der Waals surface area contributed by atoms with E-state index in [0.29, 0.717) is 22.9 Å². The molecule has 4 rings (SSSR count). The van der Waals surface area contributed by atoms with E-state index in [2.05, 4.69) is 20.4 Å². The Morgan fingerprint density at radius 2 is 2.00 bits per heavy atom. The van der Waals surface area contributed by atoms with E-state index in [1.807, 2.05) is 6.07 Å². The van der Waals surface area contributed by atoms with Crippen LogP contribution in [0.15, 0.2) is 29.3 Å². The van der Waals surface area contributed by atoms with Crippen molar-refractivity contribution in [3.05, 3.63) is 46.0 Å². The second kappa shape index (κ2) is 5.62. The van der Waals surface area contributed by atoms with Gasteiger partial charge in [-0.2, -0.15) is 14.6 Å². The molecule has 0 aliphatic carbocycles. The predicted molar refractivity (Wildman–Crippen MR) is 88.2 cm³/mol. The summed E-state index contributed by atoms with van der Waals surface area (Å²) in [7, 11) is 3.09. The number of amides is 1. The van der Waals surface area contributed by atoms with Crippen LogP contribution in [0.4, 0.5) is 5.82 Å². The van der Waals surface area contributed by atoms with Gasteiger partial charge in [-0.05, 0) is 17.7 Å². The summed E-state index contributed by atoms with van der Waals surface area (Å²) in [5.41, 5.74) is 0.902. The summed E-state index contributed by atoms with van der Waals surface area (Å²) in [5, 5.41) is 6.80. The lowest BCUT2D eigenvalue weighted by Gasteiger charge is -2.25. The van der Waals surface area contributed by atoms with Crippen LogP contribution < -0.4 is 20.3 Å². The molecule has 1 amide bonds. The molecule has 9 nitrogen and oxygen atoms in total. The lowest BCUT2D eigenvalue weighted by molar-refractivity contribution is -0.116. The standard InChI is InChI=1S/C16H15N5O4/c1-24-10-4-3-8(5-11(10)25-2)9-6-12(22)19-14-13(9)15(23)20-16-17-7-18-21(14)16/h3-5,7,9H,6H2,1-2H3,(H,19,22)(H,17,18,20,23)/t9-/m0/s1. The first kappa shape index (κ1) is 15.2. The maximum Gasteiger partial charge on any atom is 0.258 e. The molecule has 128 valence electrons. The van der Waals surface area contributed by atoms with Crippen LogP contribution >= 0.6 is 0 Å². The summed E-state index contributed by atoms with van der Waals surface area (Å²) in [6.45, 7) is 0. The number of nitrogens with zero attached hydrogens (tertiary/aromatic N) is 3. The summed E-state index contributed by atoms with van der Waals surface area (Å²) >= 11 is 0. The van der Waals surface area contributed by atoms with Gasteiger partial charge in [0.25, 0.3) is 5.56 Å². The Morgan fingerprint density at radius 3 is 2.76 bits per heavy atom. The third-order valence-corrected chi connectivity index (χ3v) is 4.29. The number of nitrogens with one attached hydrogen (secondary N) is 2. The van der Waals surface area contributed by atoms with Gasteiger partial charge in [-0.15, -0.1) is 0 Å². The van der Waals surface area contributed by atoms with E-state index in [-0.39, 0.29) is 23.7 Å². The molecule has 1 aliphatic heterocycles. The van der Waals surface area contributed by atoms with Crippen molar-refractivity contribution in [1.29, 1.82) is 0 Å². The molecule has 1 atom stereocenters. The number of aromatic amines is 1. The van der Waals surface area contributed by atoms with Crippen LogP contribution in [-0.2, 0) is 4.79 Å². The van der Waals surface area contributed by atoms with E-state index < -0.39 is 5.92 Å². The lowest BCUT2D eigenvalue weighted by Crippen LogP contribution is -2.32. The molecule has 0 radical (unpaired) electrons. The van der Waals surface area contributed by atoms with Gasteiger partial charge < -0.3 is 14.8 Å². The summed E-state index contributed by atoms with van der Waals surface area (Å²) < 4.78 is 12.0. The number of carbonyl (C=O) groups excluding carboxylic acids is 1. The first-order valence-corrected chi connectivity index (χ1v) is 7.60. The quantitative estimate of drug-likeness (QED) is 0.732. The molecule has 0 saturated carbocycles. The molecule has 1 aliphatic rings. The normalized spacial score (nSPS) is 16.4. The molecule has 0 unspecified atom stereocenters. The third kappa shape index (κ3) is 2.32. The summed E-state index contributed by atoms with van der Waals surface area (Å²) in [6.07, 6.45) is 1.46. The number of carbonyl (C=O) groups is 1. The number of hydrogen-bond acceptors (Lipinski definition) is 6. The second-order valence-corrected chi connectivity index (χ2v) is 5.63. The van der Waals surface area contributed by atoms with E-state index in [1.165, 1.54) is 18.0 Å². The Labute approximate surface area is 141 Å². The molecular weight excluding hydrogens is 326 g/mol. The highest BCUT2D eigenvalue weighted by Gasteiger charge is 2.32. The van der Waals surface area contributed by atoms with Crippen molar-refractivity contribution in [3.63, 3.8) is 0 Å². The average Bonchev–Trinajstić information content (AvgIpc) is 3.08. The molecule has 2 aromatic heterocycles. The lowest BCUT2D eigenvalue weighted by atomic mass is 9.86. The number of hydrogen-bond donors (Lipinski definition) is 2. The second-order valence-electron chi connectivity index (χ2n) is 5.63. The van der Waals surface area contributed by atoms with Crippen LogP contribution in [0.5, 0.6) is 11.5 Å². The minimum atomic E-state index is -0.430. The third-order valence-electron chi connectivity index (χ3n) is 4.29. The van der Waals surface area contributed by atoms with Crippen LogP contribution in [0, 0.1) is 0 Å². The zero-order valence-corrected chi connectivity index (χ0v) is 13.6. The van der Waals surface area contributed by atoms with Crippen LogP contribution in [0.1, 0.15) is 23.5 Å². The Hall–Kier alpha value is -3.36. The number of H-pyrrole nitrogens is 1. The molecule has 0 spiro atoms. The van der Waals surface area contributed by atoms with Crippen LogP contribution in [-0.4, -0.2) is 39.7 Å². The van der Waals surface area contributed by atoms with E-state index in [4.69, 9.17) is 9.47 Å². The monoisotopic (exact) mass is 341 g/mol. The molecular formula is C16H15N5O4. The molecule has 25 heavy (non-hydrogen) atoms.